The molecule has 1 aromatic heterocycles. The van der Waals surface area contributed by atoms with Crippen molar-refractivity contribution in [2.24, 2.45) is 0 Å². The number of hydrogen-bond donors (Lipinski definition) is 1. The maximum absolute atomic E-state index is 12.4. The minimum atomic E-state index is -0.494. The predicted octanol–water partition coefficient (Wildman–Crippen LogP) is 4.80. The molecule has 1 atom stereocenters. The fraction of sp³-hybridized carbons (Fsp3) is 0.0952. The summed E-state index contributed by atoms with van der Waals surface area (Å²) in [5, 5.41) is 13.4. The molecule has 4 aromatic rings. The molecule has 0 bridgehead atoms. The first-order valence-corrected chi connectivity index (χ1v) is 7.88. The van der Waals surface area contributed by atoms with Crippen molar-refractivity contribution < 1.29 is 9.52 Å². The highest BCUT2D eigenvalue weighted by atomic mass is 16.4. The Morgan fingerprint density at radius 3 is 2.46 bits per heavy atom. The molecule has 0 amide bonds. The average molecular weight is 316 g/mol. The van der Waals surface area contributed by atoms with Gasteiger partial charge in [-0.05, 0) is 28.5 Å². The largest absolute Gasteiger partial charge is 0.507 e. The Morgan fingerprint density at radius 1 is 0.917 bits per heavy atom. The lowest BCUT2D eigenvalue weighted by Crippen LogP contribution is -2.12. The molecule has 4 rings (SSSR count). The van der Waals surface area contributed by atoms with Crippen LogP contribution in [0.15, 0.2) is 75.9 Å². The fourth-order valence-corrected chi connectivity index (χ4v) is 3.17. The van der Waals surface area contributed by atoms with E-state index in [1.807, 2.05) is 55.5 Å². The van der Waals surface area contributed by atoms with Gasteiger partial charge in [-0.15, -0.1) is 0 Å². The SMILES string of the molecule is CC(c1ccc2ccccc2c1)c1c(O)c2ccccc2oc1=O. The Kier molecular flexibility index (Phi) is 3.35. The normalized spacial score (nSPS) is 12.5. The Bertz CT molecular complexity index is 1110. The van der Waals surface area contributed by atoms with Gasteiger partial charge >= 0.3 is 5.63 Å². The summed E-state index contributed by atoms with van der Waals surface area (Å²) in [5.41, 5.74) is 1.16. The summed E-state index contributed by atoms with van der Waals surface area (Å²) >= 11 is 0. The van der Waals surface area contributed by atoms with Crippen molar-refractivity contribution in [3.05, 3.63) is 88.3 Å². The molecule has 1 unspecified atom stereocenters. The van der Waals surface area contributed by atoms with Crippen LogP contribution in [0.4, 0.5) is 0 Å². The van der Waals surface area contributed by atoms with E-state index < -0.39 is 5.63 Å². The van der Waals surface area contributed by atoms with Crippen molar-refractivity contribution in [1.82, 2.24) is 0 Å². The number of aromatic hydroxyl groups is 1. The van der Waals surface area contributed by atoms with Crippen LogP contribution in [0.3, 0.4) is 0 Å². The number of para-hydroxylation sites is 1. The topological polar surface area (TPSA) is 50.4 Å². The second kappa shape index (κ2) is 5.53. The monoisotopic (exact) mass is 316 g/mol. The van der Waals surface area contributed by atoms with Crippen molar-refractivity contribution >= 4 is 21.7 Å². The number of fused-ring (bicyclic) bond motifs is 2. The van der Waals surface area contributed by atoms with E-state index in [2.05, 4.69) is 0 Å². The lowest BCUT2D eigenvalue weighted by atomic mass is 9.91. The summed E-state index contributed by atoms with van der Waals surface area (Å²) in [6.45, 7) is 1.91. The van der Waals surface area contributed by atoms with Gasteiger partial charge < -0.3 is 9.52 Å². The summed E-state index contributed by atoms with van der Waals surface area (Å²) in [6.07, 6.45) is 0. The van der Waals surface area contributed by atoms with Gasteiger partial charge in [0, 0.05) is 5.92 Å². The number of hydrogen-bond acceptors (Lipinski definition) is 3. The van der Waals surface area contributed by atoms with E-state index in [1.54, 1.807) is 18.2 Å². The van der Waals surface area contributed by atoms with Gasteiger partial charge in [-0.2, -0.15) is 0 Å². The van der Waals surface area contributed by atoms with Crippen LogP contribution in [0.25, 0.3) is 21.7 Å². The van der Waals surface area contributed by atoms with E-state index in [0.29, 0.717) is 16.5 Å². The molecule has 0 fully saturated rings. The van der Waals surface area contributed by atoms with Crippen LogP contribution in [-0.4, -0.2) is 5.11 Å². The van der Waals surface area contributed by atoms with Crippen LogP contribution in [0, 0.1) is 0 Å². The maximum Gasteiger partial charge on any atom is 0.343 e. The van der Waals surface area contributed by atoms with Gasteiger partial charge in [0.2, 0.25) is 0 Å². The average Bonchev–Trinajstić information content (AvgIpc) is 2.61. The van der Waals surface area contributed by atoms with Gasteiger partial charge in [-0.25, -0.2) is 4.79 Å². The Hall–Kier alpha value is -3.07. The molecule has 0 saturated carbocycles. The Morgan fingerprint density at radius 2 is 1.62 bits per heavy atom. The highest BCUT2D eigenvalue weighted by molar-refractivity contribution is 5.85. The Balaban J connectivity index is 1.90. The predicted molar refractivity (Wildman–Crippen MR) is 95.6 cm³/mol. The molecule has 0 spiro atoms. The molecule has 24 heavy (non-hydrogen) atoms. The molecule has 118 valence electrons. The standard InChI is InChI=1S/C21H16O3/c1-13(15-11-10-14-6-2-3-7-16(14)12-15)19-20(22)17-8-4-5-9-18(17)24-21(19)23/h2-13,22H,1H3. The van der Waals surface area contributed by atoms with Gasteiger partial charge in [0.05, 0.1) is 10.9 Å². The van der Waals surface area contributed by atoms with E-state index in [1.165, 1.54) is 0 Å². The summed E-state index contributed by atoms with van der Waals surface area (Å²) in [5.74, 6) is -0.266. The summed E-state index contributed by atoms with van der Waals surface area (Å²) in [7, 11) is 0. The summed E-state index contributed by atoms with van der Waals surface area (Å²) < 4.78 is 5.39. The molecular formula is C21H16O3. The summed E-state index contributed by atoms with van der Waals surface area (Å²) in [6, 6.07) is 21.2. The van der Waals surface area contributed by atoms with Gasteiger partial charge in [0.25, 0.3) is 0 Å². The first-order valence-electron chi connectivity index (χ1n) is 7.88. The third kappa shape index (κ3) is 2.26. The molecule has 0 aliphatic carbocycles. The van der Waals surface area contributed by atoms with E-state index in [-0.39, 0.29) is 11.7 Å². The lowest BCUT2D eigenvalue weighted by molar-refractivity contribution is 0.453. The van der Waals surface area contributed by atoms with Crippen molar-refractivity contribution in [2.75, 3.05) is 0 Å². The molecule has 3 nitrogen and oxygen atoms in total. The second-order valence-electron chi connectivity index (χ2n) is 5.98. The van der Waals surface area contributed by atoms with E-state index in [4.69, 9.17) is 4.42 Å². The highest BCUT2D eigenvalue weighted by Crippen LogP contribution is 2.34. The molecule has 3 heteroatoms. The minimum Gasteiger partial charge on any atom is -0.507 e. The smallest absolute Gasteiger partial charge is 0.343 e. The van der Waals surface area contributed by atoms with Gasteiger partial charge in [-0.1, -0.05) is 61.5 Å². The van der Waals surface area contributed by atoms with E-state index in [9.17, 15) is 9.90 Å². The first kappa shape index (κ1) is 14.5. The quantitative estimate of drug-likeness (QED) is 0.540. The maximum atomic E-state index is 12.4. The lowest BCUT2D eigenvalue weighted by Gasteiger charge is -2.14. The molecule has 1 heterocycles. The molecule has 0 aliphatic rings. The van der Waals surface area contributed by atoms with E-state index >= 15 is 0 Å². The molecule has 0 radical (unpaired) electrons. The second-order valence-corrected chi connectivity index (χ2v) is 5.98. The highest BCUT2D eigenvalue weighted by Gasteiger charge is 2.21. The van der Waals surface area contributed by atoms with Gasteiger partial charge in [0.15, 0.2) is 0 Å². The molecule has 0 saturated heterocycles. The van der Waals surface area contributed by atoms with Crippen LogP contribution in [0.2, 0.25) is 0 Å². The zero-order chi connectivity index (χ0) is 16.7. The fourth-order valence-electron chi connectivity index (χ4n) is 3.17. The third-order valence-corrected chi connectivity index (χ3v) is 4.53. The zero-order valence-corrected chi connectivity index (χ0v) is 13.2. The van der Waals surface area contributed by atoms with Gasteiger partial charge in [0.1, 0.15) is 11.3 Å². The third-order valence-electron chi connectivity index (χ3n) is 4.53. The number of benzene rings is 3. The van der Waals surface area contributed by atoms with Crippen LogP contribution >= 0.6 is 0 Å². The van der Waals surface area contributed by atoms with Crippen molar-refractivity contribution in [2.45, 2.75) is 12.8 Å². The minimum absolute atomic E-state index is 0.00232. The van der Waals surface area contributed by atoms with Crippen LogP contribution in [-0.2, 0) is 0 Å². The number of rotatable bonds is 2. The molecule has 0 aliphatic heterocycles. The van der Waals surface area contributed by atoms with Crippen molar-refractivity contribution in [3.63, 3.8) is 0 Å². The molecule has 3 aromatic carbocycles. The Labute approximate surface area is 138 Å². The zero-order valence-electron chi connectivity index (χ0n) is 13.2. The summed E-state index contributed by atoms with van der Waals surface area (Å²) in [4.78, 5) is 12.4. The first-order chi connectivity index (χ1) is 11.6. The van der Waals surface area contributed by atoms with E-state index in [0.717, 1.165) is 16.3 Å². The molecular weight excluding hydrogens is 300 g/mol. The van der Waals surface area contributed by atoms with Crippen LogP contribution in [0.5, 0.6) is 5.75 Å². The van der Waals surface area contributed by atoms with Crippen molar-refractivity contribution in [3.8, 4) is 5.75 Å². The van der Waals surface area contributed by atoms with Crippen LogP contribution in [0.1, 0.15) is 24.0 Å². The van der Waals surface area contributed by atoms with Crippen LogP contribution < -0.4 is 5.63 Å². The molecule has 1 N–H and O–H groups in total. The van der Waals surface area contributed by atoms with Crippen molar-refractivity contribution in [1.29, 1.82) is 0 Å². The van der Waals surface area contributed by atoms with Gasteiger partial charge in [-0.3, -0.25) is 0 Å².